The molecule has 0 unspecified atom stereocenters. The van der Waals surface area contributed by atoms with E-state index in [1.807, 2.05) is 30.3 Å². The Labute approximate surface area is 151 Å². The van der Waals surface area contributed by atoms with Gasteiger partial charge in [0.05, 0.1) is 23.1 Å². The van der Waals surface area contributed by atoms with Gasteiger partial charge in [-0.25, -0.2) is 4.98 Å². The third kappa shape index (κ3) is 3.98. The standard InChI is InChI=1S/C21H19N3O2/c1-2-3-12-26-17-10-8-15(9-11-17)13-16(14-22)20-23-19-7-5-4-6-18(19)21(25)24-20/h4-11,13H,2-3,12H2,1H3,(H,23,24,25)/b16-13+. The van der Waals surface area contributed by atoms with Crippen LogP contribution in [0.1, 0.15) is 31.2 Å². The second kappa shape index (κ2) is 8.13. The second-order valence-electron chi connectivity index (χ2n) is 5.87. The number of fused-ring (bicyclic) bond motifs is 1. The fraction of sp³-hybridized carbons (Fsp3) is 0.190. The Morgan fingerprint density at radius 3 is 2.73 bits per heavy atom. The molecule has 0 spiro atoms. The lowest BCUT2D eigenvalue weighted by molar-refractivity contribution is 0.309. The molecule has 0 aliphatic carbocycles. The summed E-state index contributed by atoms with van der Waals surface area (Å²) >= 11 is 0. The Balaban J connectivity index is 1.89. The summed E-state index contributed by atoms with van der Waals surface area (Å²) in [7, 11) is 0. The number of aromatic amines is 1. The number of ether oxygens (including phenoxy) is 1. The highest BCUT2D eigenvalue weighted by Crippen LogP contribution is 2.18. The number of para-hydroxylation sites is 1. The van der Waals surface area contributed by atoms with Crippen molar-refractivity contribution in [2.75, 3.05) is 6.61 Å². The van der Waals surface area contributed by atoms with Crippen molar-refractivity contribution in [1.29, 1.82) is 5.26 Å². The molecule has 0 amide bonds. The molecule has 0 bridgehead atoms. The molecule has 26 heavy (non-hydrogen) atoms. The highest BCUT2D eigenvalue weighted by molar-refractivity contribution is 5.89. The van der Waals surface area contributed by atoms with Gasteiger partial charge in [0.25, 0.3) is 5.56 Å². The first-order valence-electron chi connectivity index (χ1n) is 8.55. The zero-order chi connectivity index (χ0) is 18.4. The van der Waals surface area contributed by atoms with E-state index in [1.54, 1.807) is 24.3 Å². The molecule has 0 radical (unpaired) electrons. The van der Waals surface area contributed by atoms with Gasteiger partial charge in [0, 0.05) is 0 Å². The lowest BCUT2D eigenvalue weighted by Crippen LogP contribution is -2.11. The van der Waals surface area contributed by atoms with Crippen molar-refractivity contribution in [1.82, 2.24) is 9.97 Å². The molecule has 0 aliphatic heterocycles. The number of allylic oxidation sites excluding steroid dienone is 1. The number of aromatic nitrogens is 2. The largest absolute Gasteiger partial charge is 0.494 e. The molecule has 1 N–H and O–H groups in total. The number of nitrogens with one attached hydrogen (secondary N) is 1. The number of benzene rings is 2. The maximum atomic E-state index is 12.2. The first kappa shape index (κ1) is 17.4. The van der Waals surface area contributed by atoms with Crippen LogP contribution in [0.5, 0.6) is 5.75 Å². The summed E-state index contributed by atoms with van der Waals surface area (Å²) in [5.74, 6) is 1.06. The fourth-order valence-electron chi connectivity index (χ4n) is 2.53. The molecular formula is C21H19N3O2. The Hall–Kier alpha value is -3.39. The molecule has 0 saturated heterocycles. The SMILES string of the molecule is CCCCOc1ccc(/C=C(\C#N)c2nc3ccccc3c(=O)[nH]2)cc1. The molecule has 0 fully saturated rings. The Kier molecular flexibility index (Phi) is 5.45. The fourth-order valence-corrected chi connectivity index (χ4v) is 2.53. The van der Waals surface area contributed by atoms with E-state index < -0.39 is 0 Å². The molecule has 1 aromatic heterocycles. The number of hydrogen-bond donors (Lipinski definition) is 1. The lowest BCUT2D eigenvalue weighted by Gasteiger charge is -2.05. The third-order valence-corrected chi connectivity index (χ3v) is 3.95. The van der Waals surface area contributed by atoms with E-state index in [9.17, 15) is 10.1 Å². The first-order valence-corrected chi connectivity index (χ1v) is 8.55. The van der Waals surface area contributed by atoms with Gasteiger partial charge < -0.3 is 9.72 Å². The van der Waals surface area contributed by atoms with Gasteiger partial charge in [-0.2, -0.15) is 5.26 Å². The van der Waals surface area contributed by atoms with Crippen molar-refractivity contribution in [3.05, 3.63) is 70.3 Å². The molecule has 3 aromatic rings. The number of hydrogen-bond acceptors (Lipinski definition) is 4. The topological polar surface area (TPSA) is 78.8 Å². The first-order chi connectivity index (χ1) is 12.7. The molecule has 5 nitrogen and oxygen atoms in total. The van der Waals surface area contributed by atoms with E-state index in [0.29, 0.717) is 23.1 Å². The average Bonchev–Trinajstić information content (AvgIpc) is 2.67. The van der Waals surface area contributed by atoms with Gasteiger partial charge in [0.2, 0.25) is 0 Å². The zero-order valence-electron chi connectivity index (χ0n) is 14.5. The number of nitriles is 1. The van der Waals surface area contributed by atoms with Crippen molar-refractivity contribution in [3.63, 3.8) is 0 Å². The average molecular weight is 345 g/mol. The van der Waals surface area contributed by atoms with Crippen LogP contribution in [-0.4, -0.2) is 16.6 Å². The molecule has 0 atom stereocenters. The molecular weight excluding hydrogens is 326 g/mol. The van der Waals surface area contributed by atoms with Gasteiger partial charge in [-0.1, -0.05) is 37.6 Å². The van der Waals surface area contributed by atoms with E-state index in [4.69, 9.17) is 4.74 Å². The van der Waals surface area contributed by atoms with Crippen molar-refractivity contribution in [2.24, 2.45) is 0 Å². The van der Waals surface area contributed by atoms with E-state index in [1.165, 1.54) is 0 Å². The molecule has 0 saturated carbocycles. The Morgan fingerprint density at radius 1 is 1.23 bits per heavy atom. The van der Waals surface area contributed by atoms with Crippen molar-refractivity contribution >= 4 is 22.6 Å². The third-order valence-electron chi connectivity index (χ3n) is 3.95. The summed E-state index contributed by atoms with van der Waals surface area (Å²) in [4.78, 5) is 19.3. The van der Waals surface area contributed by atoms with Crippen LogP contribution in [0, 0.1) is 11.3 Å². The summed E-state index contributed by atoms with van der Waals surface area (Å²) in [5, 5.41) is 10.00. The Morgan fingerprint density at radius 2 is 2.00 bits per heavy atom. The van der Waals surface area contributed by atoms with Crippen LogP contribution in [-0.2, 0) is 0 Å². The van der Waals surface area contributed by atoms with Crippen LogP contribution in [0.4, 0.5) is 0 Å². The molecule has 0 aliphatic rings. The van der Waals surface area contributed by atoms with Crippen LogP contribution in [0.2, 0.25) is 0 Å². The molecule has 130 valence electrons. The van der Waals surface area contributed by atoms with Crippen molar-refractivity contribution in [2.45, 2.75) is 19.8 Å². The maximum Gasteiger partial charge on any atom is 0.259 e. The van der Waals surface area contributed by atoms with Gasteiger partial charge in [0.15, 0.2) is 5.82 Å². The van der Waals surface area contributed by atoms with Crippen LogP contribution in [0.3, 0.4) is 0 Å². The minimum atomic E-state index is -0.258. The van der Waals surface area contributed by atoms with Crippen LogP contribution in [0.25, 0.3) is 22.6 Å². The Bertz CT molecular complexity index is 1030. The van der Waals surface area contributed by atoms with Gasteiger partial charge >= 0.3 is 0 Å². The molecule has 5 heteroatoms. The lowest BCUT2D eigenvalue weighted by atomic mass is 10.1. The number of H-pyrrole nitrogens is 1. The van der Waals surface area contributed by atoms with Crippen LogP contribution in [0.15, 0.2) is 53.3 Å². The number of unbranched alkanes of at least 4 members (excludes halogenated alkanes) is 1. The quantitative estimate of drug-likeness (QED) is 0.537. The van der Waals surface area contributed by atoms with Crippen molar-refractivity contribution < 1.29 is 4.74 Å². The normalized spacial score (nSPS) is 11.3. The monoisotopic (exact) mass is 345 g/mol. The highest BCUT2D eigenvalue weighted by atomic mass is 16.5. The summed E-state index contributed by atoms with van der Waals surface area (Å²) in [6.45, 7) is 2.81. The van der Waals surface area contributed by atoms with Gasteiger partial charge in [-0.05, 0) is 42.3 Å². The van der Waals surface area contributed by atoms with E-state index in [2.05, 4.69) is 23.0 Å². The van der Waals surface area contributed by atoms with Gasteiger partial charge in [-0.15, -0.1) is 0 Å². The summed E-state index contributed by atoms with van der Waals surface area (Å²) < 4.78 is 5.64. The van der Waals surface area contributed by atoms with Gasteiger partial charge in [-0.3, -0.25) is 4.79 Å². The minimum absolute atomic E-state index is 0.258. The van der Waals surface area contributed by atoms with Gasteiger partial charge in [0.1, 0.15) is 11.8 Å². The van der Waals surface area contributed by atoms with E-state index in [-0.39, 0.29) is 11.4 Å². The van der Waals surface area contributed by atoms with E-state index in [0.717, 1.165) is 24.2 Å². The molecule has 1 heterocycles. The van der Waals surface area contributed by atoms with Crippen LogP contribution >= 0.6 is 0 Å². The highest BCUT2D eigenvalue weighted by Gasteiger charge is 2.08. The smallest absolute Gasteiger partial charge is 0.259 e. The molecule has 3 rings (SSSR count). The molecule has 2 aromatic carbocycles. The number of rotatable bonds is 6. The van der Waals surface area contributed by atoms with Crippen LogP contribution < -0.4 is 10.3 Å². The predicted octanol–water partition coefficient (Wildman–Crippen LogP) is 4.17. The zero-order valence-corrected chi connectivity index (χ0v) is 14.5. The summed E-state index contributed by atoms with van der Waals surface area (Å²) in [6.07, 6.45) is 3.80. The summed E-state index contributed by atoms with van der Waals surface area (Å²) in [6, 6.07) is 16.6. The second-order valence-corrected chi connectivity index (χ2v) is 5.87. The number of nitrogens with zero attached hydrogens (tertiary/aromatic N) is 2. The maximum absolute atomic E-state index is 12.2. The predicted molar refractivity (Wildman–Crippen MR) is 103 cm³/mol. The minimum Gasteiger partial charge on any atom is -0.494 e. The van der Waals surface area contributed by atoms with Crippen molar-refractivity contribution in [3.8, 4) is 11.8 Å². The van der Waals surface area contributed by atoms with E-state index >= 15 is 0 Å². The summed E-state index contributed by atoms with van der Waals surface area (Å²) in [5.41, 5.74) is 1.44.